The van der Waals surface area contributed by atoms with E-state index in [9.17, 15) is 5.11 Å². The van der Waals surface area contributed by atoms with E-state index in [0.717, 1.165) is 6.42 Å². The molecule has 0 fully saturated rings. The highest BCUT2D eigenvalue weighted by Crippen LogP contribution is 2.12. The van der Waals surface area contributed by atoms with Crippen LogP contribution < -0.4 is 0 Å². The van der Waals surface area contributed by atoms with Gasteiger partial charge >= 0.3 is 0 Å². The van der Waals surface area contributed by atoms with Crippen molar-refractivity contribution in [3.8, 4) is 12.3 Å². The van der Waals surface area contributed by atoms with Gasteiger partial charge in [0, 0.05) is 6.42 Å². The van der Waals surface area contributed by atoms with Crippen LogP contribution in [0.3, 0.4) is 0 Å². The normalized spacial score (nSPS) is 29.8. The van der Waals surface area contributed by atoms with Crippen LogP contribution in [-0.4, -0.2) is 23.9 Å². The summed E-state index contributed by atoms with van der Waals surface area (Å²) in [4.78, 5) is 0. The third kappa shape index (κ3) is 2.38. The Bertz CT molecular complexity index is 178. The highest BCUT2D eigenvalue weighted by atomic mass is 16.5. The molecule has 0 aromatic heterocycles. The Balaban J connectivity index is 2.34. The molecule has 0 saturated carbocycles. The zero-order chi connectivity index (χ0) is 8.10. The van der Waals surface area contributed by atoms with E-state index in [0.29, 0.717) is 13.0 Å². The monoisotopic (exact) mass is 152 g/mol. The van der Waals surface area contributed by atoms with Gasteiger partial charge in [0.1, 0.15) is 0 Å². The Morgan fingerprint density at radius 2 is 2.55 bits per heavy atom. The van der Waals surface area contributed by atoms with Crippen LogP contribution in [0.2, 0.25) is 0 Å². The smallest absolute Gasteiger partial charge is 0.0983 e. The predicted molar refractivity (Wildman–Crippen MR) is 43.0 cm³/mol. The number of hydrogen-bond donors (Lipinski definition) is 1. The molecule has 11 heavy (non-hydrogen) atoms. The summed E-state index contributed by atoms with van der Waals surface area (Å²) in [6, 6.07) is 0. The zero-order valence-electron chi connectivity index (χ0n) is 6.36. The van der Waals surface area contributed by atoms with Crippen LogP contribution in [0.5, 0.6) is 0 Å². The maximum Gasteiger partial charge on any atom is 0.0983 e. The molecule has 0 amide bonds. The van der Waals surface area contributed by atoms with Gasteiger partial charge in [0.2, 0.25) is 0 Å². The molecule has 1 N–H and O–H groups in total. The van der Waals surface area contributed by atoms with E-state index in [2.05, 4.69) is 5.92 Å². The first-order valence-electron chi connectivity index (χ1n) is 3.74. The lowest BCUT2D eigenvalue weighted by atomic mass is 10.1. The minimum Gasteiger partial charge on any atom is -0.386 e. The molecule has 1 aliphatic rings. The molecule has 1 heterocycles. The number of terminal acetylenes is 1. The van der Waals surface area contributed by atoms with E-state index in [-0.39, 0.29) is 6.10 Å². The van der Waals surface area contributed by atoms with Gasteiger partial charge in [0.15, 0.2) is 0 Å². The number of hydrogen-bond acceptors (Lipinski definition) is 2. The molecule has 1 rings (SSSR count). The van der Waals surface area contributed by atoms with Crippen LogP contribution in [0, 0.1) is 12.3 Å². The van der Waals surface area contributed by atoms with Crippen LogP contribution >= 0.6 is 0 Å². The average molecular weight is 152 g/mol. The Morgan fingerprint density at radius 1 is 1.73 bits per heavy atom. The molecule has 0 spiro atoms. The van der Waals surface area contributed by atoms with Crippen molar-refractivity contribution in [1.82, 2.24) is 0 Å². The maximum atomic E-state index is 9.32. The Hall–Kier alpha value is -0.780. The first kappa shape index (κ1) is 8.32. The second-order valence-electron chi connectivity index (χ2n) is 2.53. The van der Waals surface area contributed by atoms with Crippen molar-refractivity contribution in [1.29, 1.82) is 0 Å². The average Bonchev–Trinajstić information content (AvgIpc) is 2.03. The van der Waals surface area contributed by atoms with Gasteiger partial charge in [-0.05, 0) is 6.42 Å². The highest BCUT2D eigenvalue weighted by molar-refractivity contribution is 4.98. The Labute approximate surface area is 66.9 Å². The van der Waals surface area contributed by atoms with Gasteiger partial charge in [0.25, 0.3) is 0 Å². The van der Waals surface area contributed by atoms with Gasteiger partial charge < -0.3 is 9.84 Å². The second kappa shape index (κ2) is 4.17. The molecule has 0 aromatic rings. The molecule has 1 aliphatic heterocycles. The molecule has 0 aromatic carbocycles. The molecular weight excluding hydrogens is 140 g/mol. The molecule has 2 heteroatoms. The van der Waals surface area contributed by atoms with Crippen LogP contribution in [0.15, 0.2) is 12.2 Å². The zero-order valence-corrected chi connectivity index (χ0v) is 6.36. The van der Waals surface area contributed by atoms with Gasteiger partial charge in [-0.3, -0.25) is 0 Å². The molecule has 0 radical (unpaired) electrons. The number of aliphatic hydroxyl groups is 1. The summed E-state index contributed by atoms with van der Waals surface area (Å²) >= 11 is 0. The van der Waals surface area contributed by atoms with E-state index >= 15 is 0 Å². The van der Waals surface area contributed by atoms with Gasteiger partial charge in [-0.2, -0.15) is 0 Å². The Morgan fingerprint density at radius 3 is 3.18 bits per heavy atom. The minimum atomic E-state index is -0.475. The van der Waals surface area contributed by atoms with E-state index < -0.39 is 6.10 Å². The van der Waals surface area contributed by atoms with Gasteiger partial charge in [0.05, 0.1) is 18.8 Å². The molecule has 0 aliphatic carbocycles. The lowest BCUT2D eigenvalue weighted by Gasteiger charge is -2.22. The summed E-state index contributed by atoms with van der Waals surface area (Å²) in [6.45, 7) is 0.590. The maximum absolute atomic E-state index is 9.32. The van der Waals surface area contributed by atoms with Crippen LogP contribution in [0.25, 0.3) is 0 Å². The van der Waals surface area contributed by atoms with E-state index in [1.807, 2.05) is 6.08 Å². The van der Waals surface area contributed by atoms with Crippen molar-refractivity contribution in [2.24, 2.45) is 0 Å². The van der Waals surface area contributed by atoms with Crippen molar-refractivity contribution in [2.45, 2.75) is 25.0 Å². The fraction of sp³-hybridized carbons (Fsp3) is 0.556. The summed E-state index contributed by atoms with van der Waals surface area (Å²) in [7, 11) is 0. The number of aliphatic hydroxyl groups excluding tert-OH is 1. The number of ether oxygens (including phenoxy) is 1. The van der Waals surface area contributed by atoms with Crippen LogP contribution in [0.1, 0.15) is 12.8 Å². The predicted octanol–water partition coefficient (Wildman–Crippen LogP) is 0.716. The van der Waals surface area contributed by atoms with Crippen LogP contribution in [0.4, 0.5) is 0 Å². The van der Waals surface area contributed by atoms with Crippen molar-refractivity contribution >= 4 is 0 Å². The van der Waals surface area contributed by atoms with Gasteiger partial charge in [-0.25, -0.2) is 0 Å². The summed E-state index contributed by atoms with van der Waals surface area (Å²) in [5, 5.41) is 9.32. The highest BCUT2D eigenvalue weighted by Gasteiger charge is 2.18. The van der Waals surface area contributed by atoms with E-state index in [1.54, 1.807) is 6.08 Å². The summed E-state index contributed by atoms with van der Waals surface area (Å²) in [6.07, 6.45) is 9.48. The third-order valence-electron chi connectivity index (χ3n) is 1.69. The molecule has 0 bridgehead atoms. The summed E-state index contributed by atoms with van der Waals surface area (Å²) < 4.78 is 5.26. The Kier molecular flexibility index (Phi) is 3.15. The molecule has 60 valence electrons. The first-order valence-corrected chi connectivity index (χ1v) is 3.74. The largest absolute Gasteiger partial charge is 0.386 e. The van der Waals surface area contributed by atoms with Gasteiger partial charge in [-0.15, -0.1) is 12.3 Å². The third-order valence-corrected chi connectivity index (χ3v) is 1.69. The quantitative estimate of drug-likeness (QED) is 0.466. The van der Waals surface area contributed by atoms with E-state index in [4.69, 9.17) is 11.2 Å². The van der Waals surface area contributed by atoms with E-state index in [1.165, 1.54) is 0 Å². The fourth-order valence-corrected chi connectivity index (χ4v) is 1.08. The SMILES string of the molecule is C#CCCC1OCC=CC1O. The summed E-state index contributed by atoms with van der Waals surface area (Å²) in [5.41, 5.74) is 0. The number of rotatable bonds is 2. The molecule has 2 atom stereocenters. The first-order chi connectivity index (χ1) is 5.34. The van der Waals surface area contributed by atoms with Crippen molar-refractivity contribution in [3.05, 3.63) is 12.2 Å². The second-order valence-corrected chi connectivity index (χ2v) is 2.53. The lowest BCUT2D eigenvalue weighted by Crippen LogP contribution is -2.30. The fourth-order valence-electron chi connectivity index (χ4n) is 1.08. The van der Waals surface area contributed by atoms with Crippen LogP contribution in [-0.2, 0) is 4.74 Å². The van der Waals surface area contributed by atoms with Crippen molar-refractivity contribution in [2.75, 3.05) is 6.61 Å². The molecule has 0 saturated heterocycles. The molecule has 2 nitrogen and oxygen atoms in total. The van der Waals surface area contributed by atoms with Gasteiger partial charge in [-0.1, -0.05) is 12.2 Å². The lowest BCUT2D eigenvalue weighted by molar-refractivity contribution is -0.0188. The minimum absolute atomic E-state index is 0.101. The van der Waals surface area contributed by atoms with Crippen molar-refractivity contribution < 1.29 is 9.84 Å². The topological polar surface area (TPSA) is 29.5 Å². The van der Waals surface area contributed by atoms with Crippen molar-refractivity contribution in [3.63, 3.8) is 0 Å². The summed E-state index contributed by atoms with van der Waals surface area (Å²) in [5.74, 6) is 2.52. The standard InChI is InChI=1S/C9H12O2/c1-2-3-6-9-8(10)5-4-7-11-9/h1,4-5,8-10H,3,6-7H2. The molecule has 2 unspecified atom stereocenters. The molecular formula is C9H12O2.